The second-order valence-corrected chi connectivity index (χ2v) is 5.39. The molecule has 0 saturated carbocycles. The summed E-state index contributed by atoms with van der Waals surface area (Å²) in [5, 5.41) is 9.43. The number of aliphatic hydroxyl groups excluding tert-OH is 1. The number of nitrogens with two attached hydrogens (primary N) is 1. The maximum absolute atomic E-state index is 13.6. The number of alkyl halides is 3. The van der Waals surface area contributed by atoms with Gasteiger partial charge in [0.25, 0.3) is 0 Å². The number of carbonyl (C=O) groups excluding carboxylic acids is 1. The van der Waals surface area contributed by atoms with E-state index in [4.69, 9.17) is 5.73 Å². The van der Waals surface area contributed by atoms with Crippen molar-refractivity contribution in [2.24, 2.45) is 5.73 Å². The van der Waals surface area contributed by atoms with Crippen LogP contribution < -0.4 is 10.6 Å². The average Bonchev–Trinajstić information content (AvgIpc) is 2.83. The third kappa shape index (κ3) is 4.32. The summed E-state index contributed by atoms with van der Waals surface area (Å²) in [6.45, 7) is 1.57. The van der Waals surface area contributed by atoms with Crippen LogP contribution in [0.3, 0.4) is 0 Å². The molecule has 2 rings (SSSR count). The number of likely N-dealkylation sites (tertiary alicyclic amines) is 1. The second-order valence-electron chi connectivity index (χ2n) is 5.39. The van der Waals surface area contributed by atoms with Crippen molar-refractivity contribution in [2.45, 2.75) is 18.7 Å². The van der Waals surface area contributed by atoms with Gasteiger partial charge in [0.2, 0.25) is 0 Å². The minimum Gasteiger partial charge on any atom is -0.392 e. The van der Waals surface area contributed by atoms with Gasteiger partial charge in [-0.05, 0) is 24.6 Å². The van der Waals surface area contributed by atoms with E-state index in [9.17, 15) is 27.5 Å². The van der Waals surface area contributed by atoms with Crippen LogP contribution in [0.2, 0.25) is 0 Å². The first kappa shape index (κ1) is 17.5. The Kier molecular flexibility index (Phi) is 5.10. The van der Waals surface area contributed by atoms with Crippen LogP contribution >= 0.6 is 0 Å². The molecule has 1 aromatic rings. The number of rotatable bonds is 4. The summed E-state index contributed by atoms with van der Waals surface area (Å²) in [4.78, 5) is 14.4. The monoisotopic (exact) mass is 335 g/mol. The molecule has 128 valence electrons. The van der Waals surface area contributed by atoms with Gasteiger partial charge in [-0.15, -0.1) is 0 Å². The number of amides is 2. The van der Waals surface area contributed by atoms with Gasteiger partial charge in [-0.2, -0.15) is 13.2 Å². The van der Waals surface area contributed by atoms with E-state index in [1.807, 2.05) is 4.90 Å². The van der Waals surface area contributed by atoms with Crippen LogP contribution in [-0.2, 0) is 6.18 Å². The number of benzene rings is 1. The van der Waals surface area contributed by atoms with Gasteiger partial charge in [0.15, 0.2) is 0 Å². The number of hydrogen-bond acceptors (Lipinski definition) is 3. The number of anilines is 1. The number of carbonyl (C=O) groups is 1. The van der Waals surface area contributed by atoms with E-state index < -0.39 is 29.7 Å². The molecule has 1 aromatic carbocycles. The van der Waals surface area contributed by atoms with Crippen LogP contribution in [0.4, 0.5) is 28.0 Å². The van der Waals surface area contributed by atoms with Gasteiger partial charge < -0.3 is 10.8 Å². The molecule has 9 heteroatoms. The van der Waals surface area contributed by atoms with Crippen molar-refractivity contribution in [1.82, 2.24) is 4.90 Å². The van der Waals surface area contributed by atoms with E-state index in [2.05, 4.69) is 0 Å². The molecule has 23 heavy (non-hydrogen) atoms. The first-order valence-electron chi connectivity index (χ1n) is 7.02. The Morgan fingerprint density at radius 1 is 1.43 bits per heavy atom. The summed E-state index contributed by atoms with van der Waals surface area (Å²) in [5.74, 6) is -1.46. The molecule has 5 nitrogen and oxygen atoms in total. The Bertz CT molecular complexity index is 580. The summed E-state index contributed by atoms with van der Waals surface area (Å²) in [5.41, 5.74) is 3.79. The third-order valence-corrected chi connectivity index (χ3v) is 3.72. The Balaban J connectivity index is 2.11. The molecule has 2 amide bonds. The van der Waals surface area contributed by atoms with Crippen LogP contribution in [0, 0.1) is 5.82 Å². The molecule has 1 aliphatic rings. The lowest BCUT2D eigenvalue weighted by Gasteiger charge is -2.24. The number of hydrogen-bond donors (Lipinski definition) is 2. The molecule has 0 spiro atoms. The molecule has 0 aromatic heterocycles. The summed E-state index contributed by atoms with van der Waals surface area (Å²) < 4.78 is 51.3. The zero-order valence-corrected chi connectivity index (χ0v) is 12.2. The van der Waals surface area contributed by atoms with Crippen molar-refractivity contribution in [3.63, 3.8) is 0 Å². The van der Waals surface area contributed by atoms with E-state index in [1.54, 1.807) is 0 Å². The lowest BCUT2D eigenvalue weighted by Crippen LogP contribution is -2.41. The largest absolute Gasteiger partial charge is 0.419 e. The van der Waals surface area contributed by atoms with Crippen molar-refractivity contribution in [1.29, 1.82) is 0 Å². The van der Waals surface area contributed by atoms with E-state index >= 15 is 0 Å². The number of nitrogens with zero attached hydrogens (tertiary/aromatic N) is 2. The zero-order chi connectivity index (χ0) is 17.2. The Morgan fingerprint density at radius 3 is 2.61 bits per heavy atom. The highest BCUT2D eigenvalue weighted by Crippen LogP contribution is 2.33. The van der Waals surface area contributed by atoms with Crippen molar-refractivity contribution in [2.75, 3.05) is 31.1 Å². The van der Waals surface area contributed by atoms with Gasteiger partial charge in [-0.3, -0.25) is 9.80 Å². The van der Waals surface area contributed by atoms with Crippen LogP contribution in [0.5, 0.6) is 0 Å². The second kappa shape index (κ2) is 6.71. The molecule has 3 N–H and O–H groups in total. The Hall–Kier alpha value is -1.87. The summed E-state index contributed by atoms with van der Waals surface area (Å²) in [6, 6.07) is 1.35. The van der Waals surface area contributed by atoms with Gasteiger partial charge in [-0.25, -0.2) is 9.18 Å². The fourth-order valence-corrected chi connectivity index (χ4v) is 2.53. The number of β-amino-alcohol motifs (C(OH)–C–C–N with tert-alkyl or cyclic N) is 1. The fraction of sp³-hybridized carbons (Fsp3) is 0.500. The summed E-state index contributed by atoms with van der Waals surface area (Å²) in [7, 11) is 0. The van der Waals surface area contributed by atoms with E-state index in [0.29, 0.717) is 38.2 Å². The molecular weight excluding hydrogens is 318 g/mol. The predicted molar refractivity (Wildman–Crippen MR) is 75.4 cm³/mol. The van der Waals surface area contributed by atoms with Gasteiger partial charge in [0.05, 0.1) is 11.7 Å². The summed E-state index contributed by atoms with van der Waals surface area (Å²) >= 11 is 0. The van der Waals surface area contributed by atoms with Gasteiger partial charge in [-0.1, -0.05) is 0 Å². The molecule has 0 radical (unpaired) electrons. The fourth-order valence-electron chi connectivity index (χ4n) is 2.53. The van der Waals surface area contributed by atoms with Crippen molar-refractivity contribution in [3.05, 3.63) is 29.6 Å². The van der Waals surface area contributed by atoms with Gasteiger partial charge >= 0.3 is 12.2 Å². The standard InChI is InChI=1S/C14H17F4N3O2/c15-12-7-9(1-2-11(12)14(16,17)18)21(13(19)23)6-5-20-4-3-10(22)8-20/h1-2,7,10,22H,3-6,8H2,(H2,19,23)/t10-/m1/s1. The number of urea groups is 1. The van der Waals surface area contributed by atoms with Crippen molar-refractivity contribution in [3.8, 4) is 0 Å². The molecule has 1 atom stereocenters. The lowest BCUT2D eigenvalue weighted by molar-refractivity contribution is -0.139. The highest BCUT2D eigenvalue weighted by atomic mass is 19.4. The van der Waals surface area contributed by atoms with Gasteiger partial charge in [0, 0.05) is 31.9 Å². The SMILES string of the molecule is NC(=O)N(CCN1CC[C@@H](O)C1)c1ccc(C(F)(F)F)c(F)c1. The average molecular weight is 335 g/mol. The maximum atomic E-state index is 13.6. The lowest BCUT2D eigenvalue weighted by atomic mass is 10.1. The predicted octanol–water partition coefficient (Wildman–Crippen LogP) is 1.80. The first-order chi connectivity index (χ1) is 10.7. The van der Waals surface area contributed by atoms with E-state index in [0.717, 1.165) is 11.0 Å². The highest BCUT2D eigenvalue weighted by molar-refractivity contribution is 5.90. The molecular formula is C14H17F4N3O2. The van der Waals surface area contributed by atoms with E-state index in [1.165, 1.54) is 0 Å². The van der Waals surface area contributed by atoms with Crippen LogP contribution in [0.15, 0.2) is 18.2 Å². The molecule has 0 unspecified atom stereocenters. The van der Waals surface area contributed by atoms with Crippen molar-refractivity contribution >= 4 is 11.7 Å². The minimum absolute atomic E-state index is 0.0391. The van der Waals surface area contributed by atoms with Crippen LogP contribution in [0.1, 0.15) is 12.0 Å². The smallest absolute Gasteiger partial charge is 0.392 e. The zero-order valence-electron chi connectivity index (χ0n) is 12.2. The Morgan fingerprint density at radius 2 is 2.13 bits per heavy atom. The maximum Gasteiger partial charge on any atom is 0.419 e. The molecule has 1 saturated heterocycles. The van der Waals surface area contributed by atoms with Crippen molar-refractivity contribution < 1.29 is 27.5 Å². The molecule has 0 aliphatic carbocycles. The van der Waals surface area contributed by atoms with Crippen LogP contribution in [-0.4, -0.2) is 48.3 Å². The topological polar surface area (TPSA) is 69.8 Å². The van der Waals surface area contributed by atoms with Gasteiger partial charge in [0.1, 0.15) is 5.82 Å². The Labute approximate surface area is 130 Å². The minimum atomic E-state index is -4.80. The van der Waals surface area contributed by atoms with Crippen LogP contribution in [0.25, 0.3) is 0 Å². The quantitative estimate of drug-likeness (QED) is 0.825. The van der Waals surface area contributed by atoms with E-state index in [-0.39, 0.29) is 12.2 Å². The first-order valence-corrected chi connectivity index (χ1v) is 7.02. The molecule has 1 fully saturated rings. The number of halogens is 4. The summed E-state index contributed by atoms with van der Waals surface area (Å²) in [6.07, 6.45) is -4.61. The highest BCUT2D eigenvalue weighted by Gasteiger charge is 2.34. The molecule has 1 aliphatic heterocycles. The molecule has 0 bridgehead atoms. The normalized spacial score (nSPS) is 19.1. The third-order valence-electron chi connectivity index (χ3n) is 3.72. The number of primary amides is 1. The number of aliphatic hydroxyl groups is 1. The molecule has 1 heterocycles.